The lowest BCUT2D eigenvalue weighted by Crippen LogP contribution is -2.09. The fourth-order valence-electron chi connectivity index (χ4n) is 1.50. The lowest BCUT2D eigenvalue weighted by molar-refractivity contribution is 0.597. The molecule has 0 atom stereocenters. The molecular formula is C12H14N2O2S3. The van der Waals surface area contributed by atoms with E-state index in [2.05, 4.69) is 4.98 Å². The van der Waals surface area contributed by atoms with Gasteiger partial charge in [0, 0.05) is 23.9 Å². The van der Waals surface area contributed by atoms with Gasteiger partial charge in [0.05, 0.1) is 10.6 Å². The summed E-state index contributed by atoms with van der Waals surface area (Å²) < 4.78 is 25.2. The van der Waals surface area contributed by atoms with E-state index in [-0.39, 0.29) is 5.75 Å². The van der Waals surface area contributed by atoms with Crippen LogP contribution in [0.5, 0.6) is 0 Å². The molecule has 2 rings (SSSR count). The Balaban J connectivity index is 2.01. The van der Waals surface area contributed by atoms with Gasteiger partial charge in [-0.15, -0.1) is 11.3 Å². The minimum absolute atomic E-state index is 0.102. The molecule has 1 aromatic heterocycles. The highest BCUT2D eigenvalue weighted by Gasteiger charge is 2.14. The largest absolute Gasteiger partial charge is 0.326 e. The number of aromatic nitrogens is 1. The first kappa shape index (κ1) is 14.5. The molecule has 0 fully saturated rings. The van der Waals surface area contributed by atoms with E-state index in [9.17, 15) is 8.42 Å². The van der Waals surface area contributed by atoms with Crippen molar-refractivity contribution in [2.24, 2.45) is 5.73 Å². The lowest BCUT2D eigenvalue weighted by atomic mass is 10.2. The average Bonchev–Trinajstić information content (AvgIpc) is 2.92. The van der Waals surface area contributed by atoms with E-state index in [1.165, 1.54) is 23.1 Å². The molecule has 102 valence electrons. The summed E-state index contributed by atoms with van der Waals surface area (Å²) in [5, 5.41) is 1.88. The minimum Gasteiger partial charge on any atom is -0.326 e. The van der Waals surface area contributed by atoms with E-state index < -0.39 is 9.84 Å². The Morgan fingerprint density at radius 2 is 2.21 bits per heavy atom. The van der Waals surface area contributed by atoms with Gasteiger partial charge in [0.25, 0.3) is 0 Å². The van der Waals surface area contributed by atoms with Crippen molar-refractivity contribution < 1.29 is 8.42 Å². The lowest BCUT2D eigenvalue weighted by Gasteiger charge is -2.05. The van der Waals surface area contributed by atoms with Gasteiger partial charge in [0.15, 0.2) is 9.84 Å². The third-order valence-corrected chi connectivity index (χ3v) is 6.42. The molecule has 0 saturated carbocycles. The van der Waals surface area contributed by atoms with E-state index in [0.29, 0.717) is 17.2 Å². The highest BCUT2D eigenvalue weighted by Crippen LogP contribution is 2.22. The van der Waals surface area contributed by atoms with Gasteiger partial charge in [-0.3, -0.25) is 0 Å². The summed E-state index contributed by atoms with van der Waals surface area (Å²) in [5.41, 5.74) is 6.35. The van der Waals surface area contributed by atoms with Crippen molar-refractivity contribution in [1.82, 2.24) is 4.98 Å². The molecule has 7 heteroatoms. The number of hydrogen-bond donors (Lipinski definition) is 1. The molecule has 0 aliphatic rings. The molecule has 19 heavy (non-hydrogen) atoms. The van der Waals surface area contributed by atoms with Gasteiger partial charge in [-0.1, -0.05) is 23.9 Å². The topological polar surface area (TPSA) is 73.1 Å². The summed E-state index contributed by atoms with van der Waals surface area (Å²) >= 11 is 2.98. The van der Waals surface area contributed by atoms with Crippen LogP contribution in [-0.2, 0) is 16.4 Å². The zero-order chi connectivity index (χ0) is 13.7. The molecule has 2 N–H and O–H groups in total. The maximum absolute atomic E-state index is 12.2. The van der Waals surface area contributed by atoms with Crippen LogP contribution in [0.4, 0.5) is 0 Å². The summed E-state index contributed by atoms with van der Waals surface area (Å²) in [7, 11) is -3.25. The first-order valence-electron chi connectivity index (χ1n) is 5.66. The second-order valence-electron chi connectivity index (χ2n) is 3.82. The van der Waals surface area contributed by atoms with Crippen LogP contribution in [0.1, 0.15) is 5.56 Å². The molecule has 1 aromatic carbocycles. The Hall–Kier alpha value is -0.890. The maximum Gasteiger partial charge on any atom is 0.179 e. The van der Waals surface area contributed by atoms with Gasteiger partial charge in [-0.2, -0.15) is 0 Å². The molecule has 0 spiro atoms. The van der Waals surface area contributed by atoms with Crippen molar-refractivity contribution in [3.63, 3.8) is 0 Å². The third-order valence-electron chi connectivity index (χ3n) is 2.48. The summed E-state index contributed by atoms with van der Waals surface area (Å²) in [4.78, 5) is 4.45. The first-order chi connectivity index (χ1) is 9.12. The molecule has 1 heterocycles. The first-order valence-corrected chi connectivity index (χ1v) is 9.17. The van der Waals surface area contributed by atoms with E-state index in [0.717, 1.165) is 9.90 Å². The van der Waals surface area contributed by atoms with Crippen molar-refractivity contribution >= 4 is 32.9 Å². The Morgan fingerprint density at radius 3 is 2.89 bits per heavy atom. The van der Waals surface area contributed by atoms with Gasteiger partial charge in [0.2, 0.25) is 0 Å². The van der Waals surface area contributed by atoms with Crippen LogP contribution in [0.15, 0.2) is 45.1 Å². The Kier molecular flexibility index (Phi) is 4.98. The molecule has 0 aliphatic heterocycles. The third kappa shape index (κ3) is 4.04. The van der Waals surface area contributed by atoms with E-state index in [4.69, 9.17) is 5.73 Å². The normalized spacial score (nSPS) is 11.6. The van der Waals surface area contributed by atoms with Crippen molar-refractivity contribution in [2.75, 3.05) is 11.5 Å². The molecule has 0 saturated heterocycles. The smallest absolute Gasteiger partial charge is 0.179 e. The number of rotatable bonds is 6. The van der Waals surface area contributed by atoms with Crippen LogP contribution in [0, 0.1) is 0 Å². The second-order valence-corrected chi connectivity index (χ2v) is 8.16. The van der Waals surface area contributed by atoms with Crippen molar-refractivity contribution in [1.29, 1.82) is 0 Å². The number of nitrogens with zero attached hydrogens (tertiary/aromatic N) is 1. The van der Waals surface area contributed by atoms with Gasteiger partial charge in [-0.05, 0) is 17.7 Å². The summed E-state index contributed by atoms with van der Waals surface area (Å²) in [6.07, 6.45) is 1.71. The predicted octanol–water partition coefficient (Wildman–Crippen LogP) is 2.17. The Labute approximate surface area is 121 Å². The van der Waals surface area contributed by atoms with Gasteiger partial charge < -0.3 is 5.73 Å². The molecule has 2 aromatic rings. The van der Waals surface area contributed by atoms with Crippen molar-refractivity contribution in [3.8, 4) is 0 Å². The minimum atomic E-state index is -3.25. The van der Waals surface area contributed by atoms with Crippen molar-refractivity contribution in [2.45, 2.75) is 15.8 Å². The van der Waals surface area contributed by atoms with Crippen molar-refractivity contribution in [3.05, 3.63) is 41.4 Å². The predicted molar refractivity (Wildman–Crippen MR) is 79.2 cm³/mol. The van der Waals surface area contributed by atoms with Crippen LogP contribution < -0.4 is 5.73 Å². The second kappa shape index (κ2) is 6.51. The van der Waals surface area contributed by atoms with Gasteiger partial charge in [0.1, 0.15) is 4.34 Å². The molecule has 0 amide bonds. The zero-order valence-electron chi connectivity index (χ0n) is 10.2. The monoisotopic (exact) mass is 314 g/mol. The molecule has 0 aliphatic carbocycles. The van der Waals surface area contributed by atoms with E-state index in [1.54, 1.807) is 24.4 Å². The van der Waals surface area contributed by atoms with Crippen LogP contribution in [0.2, 0.25) is 0 Å². The molecule has 0 bridgehead atoms. The highest BCUT2D eigenvalue weighted by molar-refractivity contribution is 8.02. The van der Waals surface area contributed by atoms with Crippen LogP contribution in [-0.4, -0.2) is 24.9 Å². The highest BCUT2D eigenvalue weighted by atomic mass is 32.2. The number of sulfone groups is 1. The average molecular weight is 314 g/mol. The summed E-state index contributed by atoms with van der Waals surface area (Å²) in [6, 6.07) is 6.80. The van der Waals surface area contributed by atoms with Gasteiger partial charge >= 0.3 is 0 Å². The van der Waals surface area contributed by atoms with Crippen LogP contribution >= 0.6 is 23.1 Å². The Morgan fingerprint density at radius 1 is 1.37 bits per heavy atom. The maximum atomic E-state index is 12.2. The quantitative estimate of drug-likeness (QED) is 0.827. The SMILES string of the molecule is NCc1cccc(S(=O)(=O)CCSc2nccs2)c1. The molecule has 4 nitrogen and oxygen atoms in total. The number of nitrogens with two attached hydrogens (primary N) is 1. The summed E-state index contributed by atoms with van der Waals surface area (Å²) in [6.45, 7) is 0.344. The molecule has 0 radical (unpaired) electrons. The number of thioether (sulfide) groups is 1. The van der Waals surface area contributed by atoms with Gasteiger partial charge in [-0.25, -0.2) is 13.4 Å². The number of hydrogen-bond acceptors (Lipinski definition) is 6. The standard InChI is InChI=1S/C12H14N2O2S3/c13-9-10-2-1-3-11(8-10)19(15,16)7-6-18-12-14-4-5-17-12/h1-5,8H,6-7,9,13H2. The number of benzene rings is 1. The van der Waals surface area contributed by atoms with Crippen LogP contribution in [0.3, 0.4) is 0 Å². The fraction of sp³-hybridized carbons (Fsp3) is 0.250. The number of thiazole rings is 1. The summed E-state index contributed by atoms with van der Waals surface area (Å²) in [5.74, 6) is 0.605. The van der Waals surface area contributed by atoms with E-state index in [1.807, 2.05) is 11.4 Å². The zero-order valence-corrected chi connectivity index (χ0v) is 12.6. The molecule has 0 unspecified atom stereocenters. The molecular weight excluding hydrogens is 300 g/mol. The van der Waals surface area contributed by atoms with Crippen LogP contribution in [0.25, 0.3) is 0 Å². The Bertz CT molecular complexity index is 624. The fourth-order valence-corrected chi connectivity index (χ4v) is 4.93. The van der Waals surface area contributed by atoms with E-state index >= 15 is 0 Å².